The standard InChI is InChI=1S/C15H24N2S/c1-3-14-11-17(9-10-18-14)13-7-5-12(6-8-13)15(16)4-2/h5-8,14-15H,3-4,9-11,16H2,1-2H3. The molecule has 2 atom stereocenters. The summed E-state index contributed by atoms with van der Waals surface area (Å²) in [6.07, 6.45) is 2.26. The zero-order valence-electron chi connectivity index (χ0n) is 11.4. The Hall–Kier alpha value is -0.670. The summed E-state index contributed by atoms with van der Waals surface area (Å²) < 4.78 is 0. The molecule has 1 aliphatic rings. The van der Waals surface area contributed by atoms with Crippen molar-refractivity contribution in [2.75, 3.05) is 23.7 Å². The van der Waals surface area contributed by atoms with E-state index in [1.165, 1.54) is 36.5 Å². The maximum absolute atomic E-state index is 6.05. The number of thioether (sulfide) groups is 1. The van der Waals surface area contributed by atoms with Crippen LogP contribution in [-0.2, 0) is 0 Å². The quantitative estimate of drug-likeness (QED) is 0.903. The average Bonchev–Trinajstić information content (AvgIpc) is 2.46. The molecule has 1 aromatic carbocycles. The fraction of sp³-hybridized carbons (Fsp3) is 0.600. The first-order chi connectivity index (χ1) is 8.74. The molecular formula is C15H24N2S. The van der Waals surface area contributed by atoms with Gasteiger partial charge in [-0.25, -0.2) is 0 Å². The Bertz CT molecular complexity index is 363. The molecule has 0 amide bonds. The first-order valence-electron chi connectivity index (χ1n) is 6.96. The molecule has 1 aliphatic heterocycles. The van der Waals surface area contributed by atoms with Crippen LogP contribution in [0.25, 0.3) is 0 Å². The Morgan fingerprint density at radius 3 is 2.67 bits per heavy atom. The third kappa shape index (κ3) is 3.21. The molecule has 100 valence electrons. The van der Waals surface area contributed by atoms with E-state index in [2.05, 4.69) is 54.8 Å². The van der Waals surface area contributed by atoms with Gasteiger partial charge in [0.1, 0.15) is 0 Å². The Morgan fingerprint density at radius 1 is 1.33 bits per heavy atom. The van der Waals surface area contributed by atoms with E-state index < -0.39 is 0 Å². The van der Waals surface area contributed by atoms with Crippen LogP contribution in [0.5, 0.6) is 0 Å². The molecule has 1 aromatic rings. The van der Waals surface area contributed by atoms with Crippen molar-refractivity contribution in [1.29, 1.82) is 0 Å². The van der Waals surface area contributed by atoms with Crippen LogP contribution in [0.1, 0.15) is 38.3 Å². The highest BCUT2D eigenvalue weighted by Crippen LogP contribution is 2.26. The van der Waals surface area contributed by atoms with Crippen molar-refractivity contribution in [3.05, 3.63) is 29.8 Å². The number of rotatable bonds is 4. The van der Waals surface area contributed by atoms with E-state index in [0.717, 1.165) is 11.7 Å². The van der Waals surface area contributed by atoms with Gasteiger partial charge in [-0.15, -0.1) is 0 Å². The lowest BCUT2D eigenvalue weighted by Crippen LogP contribution is -2.37. The van der Waals surface area contributed by atoms with Crippen molar-refractivity contribution < 1.29 is 0 Å². The van der Waals surface area contributed by atoms with Gasteiger partial charge in [0.2, 0.25) is 0 Å². The summed E-state index contributed by atoms with van der Waals surface area (Å²) in [5, 5.41) is 0.788. The lowest BCUT2D eigenvalue weighted by atomic mass is 10.0. The van der Waals surface area contributed by atoms with Crippen LogP contribution in [-0.4, -0.2) is 24.1 Å². The minimum atomic E-state index is 0.180. The molecule has 0 radical (unpaired) electrons. The Balaban J connectivity index is 2.04. The average molecular weight is 264 g/mol. The number of hydrogen-bond donors (Lipinski definition) is 1. The van der Waals surface area contributed by atoms with E-state index in [4.69, 9.17) is 5.73 Å². The molecule has 3 heteroatoms. The maximum atomic E-state index is 6.05. The van der Waals surface area contributed by atoms with E-state index in [1.54, 1.807) is 0 Å². The number of nitrogens with zero attached hydrogens (tertiary/aromatic N) is 1. The fourth-order valence-electron chi connectivity index (χ4n) is 2.37. The smallest absolute Gasteiger partial charge is 0.0367 e. The molecule has 2 rings (SSSR count). The number of hydrogen-bond acceptors (Lipinski definition) is 3. The van der Waals surface area contributed by atoms with Crippen LogP contribution in [0, 0.1) is 0 Å². The number of nitrogens with two attached hydrogens (primary N) is 1. The van der Waals surface area contributed by atoms with Crippen molar-refractivity contribution in [3.63, 3.8) is 0 Å². The molecule has 2 nitrogen and oxygen atoms in total. The predicted octanol–water partition coefficient (Wildman–Crippen LogP) is 3.43. The molecule has 1 fully saturated rings. The first-order valence-corrected chi connectivity index (χ1v) is 8.01. The highest BCUT2D eigenvalue weighted by Gasteiger charge is 2.19. The van der Waals surface area contributed by atoms with Gasteiger partial charge in [0, 0.05) is 35.8 Å². The summed E-state index contributed by atoms with van der Waals surface area (Å²) in [6, 6.07) is 9.01. The molecule has 1 heterocycles. The van der Waals surface area contributed by atoms with Gasteiger partial charge in [0.25, 0.3) is 0 Å². The second-order valence-electron chi connectivity index (χ2n) is 4.95. The van der Waals surface area contributed by atoms with E-state index >= 15 is 0 Å². The van der Waals surface area contributed by atoms with Crippen molar-refractivity contribution in [2.45, 2.75) is 38.0 Å². The molecule has 2 unspecified atom stereocenters. The van der Waals surface area contributed by atoms with Crippen molar-refractivity contribution in [2.24, 2.45) is 5.73 Å². The molecule has 2 N–H and O–H groups in total. The van der Waals surface area contributed by atoms with Crippen LogP contribution < -0.4 is 10.6 Å². The summed E-state index contributed by atoms with van der Waals surface area (Å²) in [5.41, 5.74) is 8.65. The van der Waals surface area contributed by atoms with Gasteiger partial charge in [-0.1, -0.05) is 26.0 Å². The summed E-state index contributed by atoms with van der Waals surface area (Å²) in [4.78, 5) is 2.51. The number of benzene rings is 1. The van der Waals surface area contributed by atoms with Crippen LogP contribution in [0.2, 0.25) is 0 Å². The maximum Gasteiger partial charge on any atom is 0.0367 e. The van der Waals surface area contributed by atoms with Gasteiger partial charge >= 0.3 is 0 Å². The minimum absolute atomic E-state index is 0.180. The monoisotopic (exact) mass is 264 g/mol. The molecular weight excluding hydrogens is 240 g/mol. The van der Waals surface area contributed by atoms with E-state index in [1.807, 2.05) is 0 Å². The minimum Gasteiger partial charge on any atom is -0.370 e. The van der Waals surface area contributed by atoms with Crippen LogP contribution in [0.4, 0.5) is 5.69 Å². The third-order valence-electron chi connectivity index (χ3n) is 3.72. The Kier molecular flexibility index (Phi) is 4.95. The fourth-order valence-corrected chi connectivity index (χ4v) is 3.55. The molecule has 0 aliphatic carbocycles. The molecule has 0 aromatic heterocycles. The van der Waals surface area contributed by atoms with Crippen molar-refractivity contribution in [1.82, 2.24) is 0 Å². The van der Waals surface area contributed by atoms with Crippen LogP contribution >= 0.6 is 11.8 Å². The summed E-state index contributed by atoms with van der Waals surface area (Å²) >= 11 is 2.11. The Labute approximate surface area is 115 Å². The lowest BCUT2D eigenvalue weighted by Gasteiger charge is -2.33. The second kappa shape index (κ2) is 6.48. The van der Waals surface area contributed by atoms with Gasteiger partial charge < -0.3 is 10.6 Å². The SMILES string of the molecule is CCC1CN(c2ccc(C(N)CC)cc2)CCS1. The molecule has 1 saturated heterocycles. The normalized spacial score (nSPS) is 21.9. The lowest BCUT2D eigenvalue weighted by molar-refractivity contribution is 0.697. The molecule has 18 heavy (non-hydrogen) atoms. The van der Waals surface area contributed by atoms with Crippen LogP contribution in [0.15, 0.2) is 24.3 Å². The summed E-state index contributed by atoms with van der Waals surface area (Å²) in [5.74, 6) is 1.24. The largest absolute Gasteiger partial charge is 0.370 e. The zero-order chi connectivity index (χ0) is 13.0. The summed E-state index contributed by atoms with van der Waals surface area (Å²) in [6.45, 7) is 6.76. The molecule has 0 bridgehead atoms. The molecule has 0 saturated carbocycles. The second-order valence-corrected chi connectivity index (χ2v) is 6.36. The van der Waals surface area contributed by atoms with E-state index in [-0.39, 0.29) is 6.04 Å². The third-order valence-corrected chi connectivity index (χ3v) is 5.09. The van der Waals surface area contributed by atoms with Gasteiger partial charge in [-0.2, -0.15) is 11.8 Å². The predicted molar refractivity (Wildman–Crippen MR) is 82.4 cm³/mol. The number of anilines is 1. The Morgan fingerprint density at radius 2 is 2.06 bits per heavy atom. The highest BCUT2D eigenvalue weighted by molar-refractivity contribution is 8.00. The van der Waals surface area contributed by atoms with Gasteiger partial charge in [0.05, 0.1) is 0 Å². The summed E-state index contributed by atoms with van der Waals surface area (Å²) in [7, 11) is 0. The highest BCUT2D eigenvalue weighted by atomic mass is 32.2. The van der Waals surface area contributed by atoms with Crippen LogP contribution in [0.3, 0.4) is 0 Å². The first kappa shape index (κ1) is 13.8. The van der Waals surface area contributed by atoms with E-state index in [0.29, 0.717) is 0 Å². The topological polar surface area (TPSA) is 29.3 Å². The van der Waals surface area contributed by atoms with E-state index in [9.17, 15) is 0 Å². The zero-order valence-corrected chi connectivity index (χ0v) is 12.2. The molecule has 0 spiro atoms. The van der Waals surface area contributed by atoms with Crippen molar-refractivity contribution in [3.8, 4) is 0 Å². The van der Waals surface area contributed by atoms with Crippen molar-refractivity contribution >= 4 is 17.4 Å². The van der Waals surface area contributed by atoms with Gasteiger partial charge in [0.15, 0.2) is 0 Å². The van der Waals surface area contributed by atoms with Gasteiger partial charge in [-0.3, -0.25) is 0 Å². The van der Waals surface area contributed by atoms with Gasteiger partial charge in [-0.05, 0) is 30.5 Å².